The van der Waals surface area contributed by atoms with Crippen LogP contribution in [0.1, 0.15) is 27.8 Å². The maximum atomic E-state index is 13.3. The Balaban J connectivity index is 1.57. The van der Waals surface area contributed by atoms with E-state index >= 15 is 0 Å². The van der Waals surface area contributed by atoms with Gasteiger partial charge in [0.15, 0.2) is 5.60 Å². The predicted octanol–water partition coefficient (Wildman–Crippen LogP) is 3.20. The van der Waals surface area contributed by atoms with Crippen molar-refractivity contribution in [1.82, 2.24) is 5.32 Å². The minimum Gasteiger partial charge on any atom is -0.372 e. The van der Waals surface area contributed by atoms with Crippen molar-refractivity contribution in [3.63, 3.8) is 0 Å². The third-order valence-electron chi connectivity index (χ3n) is 5.49. The van der Waals surface area contributed by atoms with E-state index in [2.05, 4.69) is 5.32 Å². The van der Waals surface area contributed by atoms with Crippen LogP contribution in [-0.4, -0.2) is 23.5 Å². The van der Waals surface area contributed by atoms with Crippen LogP contribution >= 0.6 is 0 Å². The van der Waals surface area contributed by atoms with E-state index in [4.69, 9.17) is 0 Å². The highest BCUT2D eigenvalue weighted by molar-refractivity contribution is 6.11. The first kappa shape index (κ1) is 19.9. The Morgan fingerprint density at radius 2 is 1.70 bits per heavy atom. The molecule has 1 aliphatic rings. The van der Waals surface area contributed by atoms with Crippen LogP contribution in [0.3, 0.4) is 0 Å². The molecule has 0 spiro atoms. The molecule has 2 N–H and O–H groups in total. The minimum atomic E-state index is -1.81. The summed E-state index contributed by atoms with van der Waals surface area (Å²) in [6, 6.07) is 22.2. The number of nitrogens with zero attached hydrogens (tertiary/aromatic N) is 1. The van der Waals surface area contributed by atoms with Gasteiger partial charge in [0.2, 0.25) is 5.91 Å². The Hall–Kier alpha value is -3.44. The zero-order valence-corrected chi connectivity index (χ0v) is 17.1. The van der Waals surface area contributed by atoms with Crippen LogP contribution < -0.4 is 10.2 Å². The van der Waals surface area contributed by atoms with Crippen molar-refractivity contribution in [2.24, 2.45) is 0 Å². The number of benzene rings is 3. The molecule has 152 valence electrons. The van der Waals surface area contributed by atoms with E-state index in [1.54, 1.807) is 36.4 Å². The number of para-hydroxylation sites is 1. The van der Waals surface area contributed by atoms with E-state index in [0.717, 1.165) is 16.7 Å². The number of carbonyl (C=O) groups is 2. The maximum absolute atomic E-state index is 13.3. The van der Waals surface area contributed by atoms with Crippen LogP contribution in [0.15, 0.2) is 72.8 Å². The summed E-state index contributed by atoms with van der Waals surface area (Å²) in [6.45, 7) is 4.14. The van der Waals surface area contributed by atoms with Gasteiger partial charge in [0, 0.05) is 12.1 Å². The molecule has 2 amide bonds. The lowest BCUT2D eigenvalue weighted by molar-refractivity contribution is -0.133. The van der Waals surface area contributed by atoms with Crippen molar-refractivity contribution < 1.29 is 14.7 Å². The Morgan fingerprint density at radius 1 is 0.967 bits per heavy atom. The van der Waals surface area contributed by atoms with E-state index in [1.807, 2.05) is 50.2 Å². The zero-order chi connectivity index (χ0) is 21.3. The minimum absolute atomic E-state index is 0.157. The number of hydrogen-bond donors (Lipinski definition) is 2. The first-order valence-electron chi connectivity index (χ1n) is 9.93. The topological polar surface area (TPSA) is 69.6 Å². The van der Waals surface area contributed by atoms with Crippen LogP contribution in [0.5, 0.6) is 0 Å². The molecule has 0 radical (unpaired) electrons. The maximum Gasteiger partial charge on any atom is 0.268 e. The molecule has 0 unspecified atom stereocenters. The highest BCUT2D eigenvalue weighted by Crippen LogP contribution is 2.44. The van der Waals surface area contributed by atoms with Gasteiger partial charge in [0.25, 0.3) is 5.91 Å². The number of aryl methyl sites for hydroxylation is 2. The number of rotatable bonds is 5. The monoisotopic (exact) mass is 400 g/mol. The average molecular weight is 400 g/mol. The largest absolute Gasteiger partial charge is 0.372 e. The molecule has 3 aromatic carbocycles. The molecule has 5 heteroatoms. The molecule has 4 rings (SSSR count). The summed E-state index contributed by atoms with van der Waals surface area (Å²) in [5.41, 5.74) is 2.82. The SMILES string of the molecule is Cc1ccc(CNC(=O)CN2C(=O)[C@](O)(c3cccc(C)c3)c3ccccc32)cc1. The summed E-state index contributed by atoms with van der Waals surface area (Å²) in [7, 11) is 0. The highest BCUT2D eigenvalue weighted by atomic mass is 16.3. The molecule has 5 nitrogen and oxygen atoms in total. The Kier molecular flexibility index (Phi) is 5.14. The van der Waals surface area contributed by atoms with Crippen molar-refractivity contribution in [3.05, 3.63) is 101 Å². The summed E-state index contributed by atoms with van der Waals surface area (Å²) < 4.78 is 0. The molecule has 0 saturated carbocycles. The number of amides is 2. The first-order valence-corrected chi connectivity index (χ1v) is 9.93. The summed E-state index contributed by atoms with van der Waals surface area (Å²) in [6.07, 6.45) is 0. The summed E-state index contributed by atoms with van der Waals surface area (Å²) in [5.74, 6) is -0.799. The second kappa shape index (κ2) is 7.76. The number of aliphatic hydroxyl groups is 1. The quantitative estimate of drug-likeness (QED) is 0.691. The third-order valence-corrected chi connectivity index (χ3v) is 5.49. The van der Waals surface area contributed by atoms with Crippen LogP contribution in [-0.2, 0) is 21.7 Å². The molecule has 1 heterocycles. The van der Waals surface area contributed by atoms with Gasteiger partial charge in [-0.15, -0.1) is 0 Å². The highest BCUT2D eigenvalue weighted by Gasteiger charge is 2.51. The standard InChI is InChI=1S/C25H24N2O3/c1-17-10-12-19(13-11-17)15-26-23(28)16-27-22-9-4-3-8-21(22)25(30,24(27)29)20-7-5-6-18(2)14-20/h3-14,30H,15-16H2,1-2H3,(H,26,28)/t25-/m0/s1. The fraction of sp³-hybridized carbons (Fsp3) is 0.200. The van der Waals surface area contributed by atoms with E-state index in [1.165, 1.54) is 4.90 Å². The molecule has 0 saturated heterocycles. The van der Waals surface area contributed by atoms with Crippen LogP contribution in [0.2, 0.25) is 0 Å². The van der Waals surface area contributed by atoms with E-state index in [-0.39, 0.29) is 12.5 Å². The van der Waals surface area contributed by atoms with Crippen LogP contribution in [0, 0.1) is 13.8 Å². The van der Waals surface area contributed by atoms with Crippen LogP contribution in [0.25, 0.3) is 0 Å². The second-order valence-corrected chi connectivity index (χ2v) is 7.75. The smallest absolute Gasteiger partial charge is 0.268 e. The van der Waals surface area contributed by atoms with Crippen molar-refractivity contribution in [3.8, 4) is 0 Å². The number of nitrogens with one attached hydrogen (secondary N) is 1. The van der Waals surface area contributed by atoms with Gasteiger partial charge in [-0.25, -0.2) is 0 Å². The number of fused-ring (bicyclic) bond motifs is 1. The van der Waals surface area contributed by atoms with Crippen molar-refractivity contribution in [1.29, 1.82) is 0 Å². The molecule has 0 fully saturated rings. The zero-order valence-electron chi connectivity index (χ0n) is 17.1. The summed E-state index contributed by atoms with van der Waals surface area (Å²) in [5, 5.41) is 14.4. The first-order chi connectivity index (χ1) is 14.4. The van der Waals surface area contributed by atoms with Gasteiger partial charge in [-0.3, -0.25) is 14.5 Å². The summed E-state index contributed by atoms with van der Waals surface area (Å²) in [4.78, 5) is 27.3. The summed E-state index contributed by atoms with van der Waals surface area (Å²) >= 11 is 0. The molecule has 30 heavy (non-hydrogen) atoms. The Labute approximate surface area is 176 Å². The fourth-order valence-electron chi connectivity index (χ4n) is 3.85. The molecule has 0 bridgehead atoms. The molecule has 1 aliphatic heterocycles. The van der Waals surface area contributed by atoms with Crippen LogP contribution in [0.4, 0.5) is 5.69 Å². The molecular weight excluding hydrogens is 376 g/mol. The van der Waals surface area contributed by atoms with Gasteiger partial charge in [0.1, 0.15) is 6.54 Å². The van der Waals surface area contributed by atoms with E-state index in [0.29, 0.717) is 23.4 Å². The van der Waals surface area contributed by atoms with Gasteiger partial charge < -0.3 is 10.4 Å². The Morgan fingerprint density at radius 3 is 2.43 bits per heavy atom. The van der Waals surface area contributed by atoms with Gasteiger partial charge in [-0.1, -0.05) is 77.9 Å². The molecule has 1 atom stereocenters. The Bertz CT molecular complexity index is 1110. The predicted molar refractivity (Wildman–Crippen MR) is 116 cm³/mol. The average Bonchev–Trinajstić information content (AvgIpc) is 2.96. The molecule has 0 aromatic heterocycles. The lowest BCUT2D eigenvalue weighted by Gasteiger charge is -2.24. The van der Waals surface area contributed by atoms with Gasteiger partial charge in [0.05, 0.1) is 5.69 Å². The van der Waals surface area contributed by atoms with Crippen molar-refractivity contribution in [2.75, 3.05) is 11.4 Å². The molecule has 0 aliphatic carbocycles. The second-order valence-electron chi connectivity index (χ2n) is 7.75. The van der Waals surface area contributed by atoms with E-state index in [9.17, 15) is 14.7 Å². The van der Waals surface area contributed by atoms with Crippen molar-refractivity contribution >= 4 is 17.5 Å². The number of hydrogen-bond acceptors (Lipinski definition) is 3. The third kappa shape index (κ3) is 3.48. The van der Waals surface area contributed by atoms with Crippen molar-refractivity contribution in [2.45, 2.75) is 26.0 Å². The lowest BCUT2D eigenvalue weighted by Crippen LogP contribution is -2.45. The van der Waals surface area contributed by atoms with Gasteiger partial charge in [-0.05, 0) is 31.0 Å². The number of anilines is 1. The lowest BCUT2D eigenvalue weighted by atomic mass is 9.87. The normalized spacial score (nSPS) is 17.7. The fourth-order valence-corrected chi connectivity index (χ4v) is 3.85. The van der Waals surface area contributed by atoms with Gasteiger partial charge in [-0.2, -0.15) is 0 Å². The molecular formula is C25H24N2O3. The number of carbonyl (C=O) groups excluding carboxylic acids is 2. The van der Waals surface area contributed by atoms with E-state index < -0.39 is 11.5 Å². The molecule has 3 aromatic rings. The van der Waals surface area contributed by atoms with Gasteiger partial charge >= 0.3 is 0 Å².